The molecular weight excluding hydrogens is 240 g/mol. The molecule has 0 N–H and O–H groups in total. The second kappa shape index (κ2) is 4.38. The number of hydrogen-bond donors (Lipinski definition) is 0. The lowest BCUT2D eigenvalue weighted by Crippen LogP contribution is -2.27. The minimum Gasteiger partial charge on any atom is -0.296 e. The number of rotatable bonds is 2. The molecule has 0 radical (unpaired) electrons. The van der Waals surface area contributed by atoms with Gasteiger partial charge in [-0.2, -0.15) is 10.4 Å². The van der Waals surface area contributed by atoms with Crippen LogP contribution in [0.25, 0.3) is 0 Å². The van der Waals surface area contributed by atoms with Crippen molar-refractivity contribution >= 4 is 23.3 Å². The van der Waals surface area contributed by atoms with Crippen LogP contribution >= 0.6 is 11.6 Å². The van der Waals surface area contributed by atoms with Crippen molar-refractivity contribution in [3.8, 4) is 6.07 Å². The maximum atomic E-state index is 11.9. The number of anilines is 1. The average Bonchev–Trinajstić information content (AvgIpc) is 2.78. The van der Waals surface area contributed by atoms with Crippen molar-refractivity contribution in [3.05, 3.63) is 11.3 Å². The van der Waals surface area contributed by atoms with Gasteiger partial charge in [0, 0.05) is 25.9 Å². The standard InChI is InChI=1S/C11H13ClN4O/c1-7-9(5-13)11(15(2)14-7)16-6-8(4-12)3-10(16)17/h8H,3-4,6H2,1-2H3. The quantitative estimate of drug-likeness (QED) is 0.743. The number of aryl methyl sites for hydroxylation is 2. The summed E-state index contributed by atoms with van der Waals surface area (Å²) in [7, 11) is 1.74. The van der Waals surface area contributed by atoms with Crippen molar-refractivity contribution in [2.75, 3.05) is 17.3 Å². The van der Waals surface area contributed by atoms with E-state index in [1.54, 1.807) is 23.6 Å². The molecule has 2 rings (SSSR count). The van der Waals surface area contributed by atoms with E-state index in [9.17, 15) is 4.79 Å². The highest BCUT2D eigenvalue weighted by Gasteiger charge is 2.33. The highest BCUT2D eigenvalue weighted by atomic mass is 35.5. The van der Waals surface area contributed by atoms with Gasteiger partial charge in [0.15, 0.2) is 5.82 Å². The summed E-state index contributed by atoms with van der Waals surface area (Å²) in [6.45, 7) is 2.33. The van der Waals surface area contributed by atoms with Gasteiger partial charge in [0.1, 0.15) is 11.6 Å². The van der Waals surface area contributed by atoms with Crippen molar-refractivity contribution in [1.82, 2.24) is 9.78 Å². The van der Waals surface area contributed by atoms with E-state index >= 15 is 0 Å². The third-order valence-electron chi connectivity index (χ3n) is 2.98. The van der Waals surface area contributed by atoms with E-state index in [2.05, 4.69) is 11.2 Å². The predicted molar refractivity (Wildman–Crippen MR) is 63.8 cm³/mol. The Morgan fingerprint density at radius 1 is 1.65 bits per heavy atom. The molecule has 6 heteroatoms. The number of nitriles is 1. The Hall–Kier alpha value is -1.54. The first-order valence-corrected chi connectivity index (χ1v) is 5.92. The largest absolute Gasteiger partial charge is 0.296 e. The maximum absolute atomic E-state index is 11.9. The first-order valence-electron chi connectivity index (χ1n) is 5.38. The van der Waals surface area contributed by atoms with Crippen molar-refractivity contribution in [2.24, 2.45) is 13.0 Å². The van der Waals surface area contributed by atoms with Gasteiger partial charge in [-0.25, -0.2) is 0 Å². The Kier molecular flexibility index (Phi) is 3.07. The first-order chi connectivity index (χ1) is 8.08. The van der Waals surface area contributed by atoms with Crippen LogP contribution in [-0.4, -0.2) is 28.1 Å². The van der Waals surface area contributed by atoms with Crippen LogP contribution in [0.3, 0.4) is 0 Å². The van der Waals surface area contributed by atoms with Gasteiger partial charge >= 0.3 is 0 Å². The third kappa shape index (κ3) is 1.89. The lowest BCUT2D eigenvalue weighted by atomic mass is 10.1. The number of hydrogen-bond acceptors (Lipinski definition) is 3. The summed E-state index contributed by atoms with van der Waals surface area (Å²) in [5.41, 5.74) is 1.11. The van der Waals surface area contributed by atoms with Crippen molar-refractivity contribution in [1.29, 1.82) is 5.26 Å². The molecule has 0 spiro atoms. The Morgan fingerprint density at radius 3 is 2.88 bits per heavy atom. The van der Waals surface area contributed by atoms with Crippen LogP contribution in [0.5, 0.6) is 0 Å². The zero-order chi connectivity index (χ0) is 12.6. The van der Waals surface area contributed by atoms with Gasteiger partial charge in [-0.05, 0) is 12.8 Å². The van der Waals surface area contributed by atoms with Gasteiger partial charge in [0.05, 0.1) is 5.69 Å². The molecule has 5 nitrogen and oxygen atoms in total. The number of nitrogens with zero attached hydrogens (tertiary/aromatic N) is 4. The maximum Gasteiger partial charge on any atom is 0.228 e. The van der Waals surface area contributed by atoms with Crippen LogP contribution in [0, 0.1) is 24.2 Å². The van der Waals surface area contributed by atoms with E-state index in [1.807, 2.05) is 0 Å². The lowest BCUT2D eigenvalue weighted by Gasteiger charge is -2.16. The molecule has 1 atom stereocenters. The molecule has 0 aliphatic carbocycles. The third-order valence-corrected chi connectivity index (χ3v) is 3.42. The van der Waals surface area contributed by atoms with Crippen LogP contribution < -0.4 is 4.90 Å². The Morgan fingerprint density at radius 2 is 2.35 bits per heavy atom. The van der Waals surface area contributed by atoms with Crippen LogP contribution in [0.15, 0.2) is 0 Å². The number of aromatic nitrogens is 2. The summed E-state index contributed by atoms with van der Waals surface area (Å²) in [4.78, 5) is 13.5. The van der Waals surface area contributed by atoms with E-state index < -0.39 is 0 Å². The molecular formula is C11H13ClN4O. The zero-order valence-corrected chi connectivity index (χ0v) is 10.5. The van der Waals surface area contributed by atoms with Gasteiger partial charge in [-0.15, -0.1) is 11.6 Å². The van der Waals surface area contributed by atoms with E-state index in [1.165, 1.54) is 0 Å². The highest BCUT2D eigenvalue weighted by molar-refractivity contribution is 6.18. The topological polar surface area (TPSA) is 61.9 Å². The molecule has 1 aromatic heterocycles. The number of carbonyl (C=O) groups is 1. The molecule has 1 aliphatic rings. The van der Waals surface area contributed by atoms with E-state index in [0.717, 1.165) is 0 Å². The molecule has 0 bridgehead atoms. The molecule has 17 heavy (non-hydrogen) atoms. The van der Waals surface area contributed by atoms with Gasteiger partial charge < -0.3 is 0 Å². The monoisotopic (exact) mass is 252 g/mol. The molecule has 2 heterocycles. The number of amides is 1. The fraction of sp³-hybridized carbons (Fsp3) is 0.545. The summed E-state index contributed by atoms with van der Waals surface area (Å²) < 4.78 is 1.59. The second-order valence-corrected chi connectivity index (χ2v) is 4.56. The number of halogens is 1. The summed E-state index contributed by atoms with van der Waals surface area (Å²) >= 11 is 5.78. The van der Waals surface area contributed by atoms with Crippen LogP contribution in [0.4, 0.5) is 5.82 Å². The van der Waals surface area contributed by atoms with Gasteiger partial charge in [-0.3, -0.25) is 14.4 Å². The molecule has 1 aliphatic heterocycles. The summed E-state index contributed by atoms with van der Waals surface area (Å²) in [5, 5.41) is 13.3. The highest BCUT2D eigenvalue weighted by Crippen LogP contribution is 2.29. The van der Waals surface area contributed by atoms with Crippen molar-refractivity contribution in [3.63, 3.8) is 0 Å². The van der Waals surface area contributed by atoms with Crippen LogP contribution in [0.1, 0.15) is 17.7 Å². The van der Waals surface area contributed by atoms with E-state index in [0.29, 0.717) is 35.9 Å². The molecule has 1 amide bonds. The minimum absolute atomic E-state index is 0.00940. The summed E-state index contributed by atoms with van der Waals surface area (Å²) in [6, 6.07) is 2.10. The molecule has 90 valence electrons. The molecule has 0 aromatic carbocycles. The lowest BCUT2D eigenvalue weighted by molar-refractivity contribution is -0.117. The molecule has 1 fully saturated rings. The average molecular weight is 253 g/mol. The Bertz CT molecular complexity index is 502. The zero-order valence-electron chi connectivity index (χ0n) is 9.77. The molecule has 1 aromatic rings. The molecule has 1 unspecified atom stereocenters. The SMILES string of the molecule is Cc1nn(C)c(N2CC(CCl)CC2=O)c1C#N. The summed E-state index contributed by atoms with van der Waals surface area (Å²) in [6.07, 6.45) is 0.443. The fourth-order valence-corrected chi connectivity index (χ4v) is 2.38. The van der Waals surface area contributed by atoms with Crippen molar-refractivity contribution < 1.29 is 4.79 Å². The molecule has 1 saturated heterocycles. The smallest absolute Gasteiger partial charge is 0.228 e. The van der Waals surface area contributed by atoms with Gasteiger partial charge in [-0.1, -0.05) is 0 Å². The normalized spacial score (nSPS) is 19.8. The van der Waals surface area contributed by atoms with Crippen LogP contribution in [0.2, 0.25) is 0 Å². The number of alkyl halides is 1. The van der Waals surface area contributed by atoms with Gasteiger partial charge in [0.2, 0.25) is 5.91 Å². The fourth-order valence-electron chi connectivity index (χ4n) is 2.18. The minimum atomic E-state index is 0.00940. The van der Waals surface area contributed by atoms with E-state index in [4.69, 9.17) is 16.9 Å². The van der Waals surface area contributed by atoms with Gasteiger partial charge in [0.25, 0.3) is 0 Å². The predicted octanol–water partition coefficient (Wildman–Crippen LogP) is 1.19. The first kappa shape index (κ1) is 11.9. The summed E-state index contributed by atoms with van der Waals surface area (Å²) in [5.74, 6) is 1.21. The van der Waals surface area contributed by atoms with Crippen LogP contribution in [-0.2, 0) is 11.8 Å². The Labute approximate surface area is 105 Å². The number of carbonyl (C=O) groups excluding carboxylic acids is 1. The Balaban J connectivity index is 2.42. The van der Waals surface area contributed by atoms with Crippen molar-refractivity contribution in [2.45, 2.75) is 13.3 Å². The second-order valence-electron chi connectivity index (χ2n) is 4.25. The van der Waals surface area contributed by atoms with E-state index in [-0.39, 0.29) is 11.8 Å². The molecule has 0 saturated carbocycles.